The van der Waals surface area contributed by atoms with E-state index in [0.717, 1.165) is 27.2 Å². The summed E-state index contributed by atoms with van der Waals surface area (Å²) in [6.07, 6.45) is 1.70. The van der Waals surface area contributed by atoms with Gasteiger partial charge in [-0.25, -0.2) is 4.98 Å². The first-order valence-corrected chi connectivity index (χ1v) is 5.82. The smallest absolute Gasteiger partial charge is 0.145 e. The van der Waals surface area contributed by atoms with Crippen LogP contribution in [0.3, 0.4) is 0 Å². The zero-order valence-corrected chi connectivity index (χ0v) is 10.8. The van der Waals surface area contributed by atoms with Gasteiger partial charge in [-0.05, 0) is 53.0 Å². The number of para-hydroxylation sites is 1. The third-order valence-corrected chi connectivity index (χ3v) is 2.80. The fourth-order valence-electron chi connectivity index (χ4n) is 1.50. The normalized spacial score (nSPS) is 10.2. The van der Waals surface area contributed by atoms with E-state index in [1.807, 2.05) is 44.2 Å². The van der Waals surface area contributed by atoms with E-state index in [4.69, 9.17) is 4.74 Å². The van der Waals surface area contributed by atoms with E-state index in [9.17, 15) is 0 Å². The molecule has 2 aromatic rings. The molecule has 2 nitrogen and oxygen atoms in total. The highest BCUT2D eigenvalue weighted by Gasteiger charge is 2.04. The predicted octanol–water partition coefficient (Wildman–Crippen LogP) is 4.25. The van der Waals surface area contributed by atoms with Crippen molar-refractivity contribution in [1.29, 1.82) is 0 Å². The van der Waals surface area contributed by atoms with Crippen LogP contribution in [0, 0.1) is 13.8 Å². The Kier molecular flexibility index (Phi) is 3.25. The molecule has 0 atom stereocenters. The third-order valence-electron chi connectivity index (χ3n) is 2.33. The molecule has 0 N–H and O–H groups in total. The van der Waals surface area contributed by atoms with Crippen LogP contribution >= 0.6 is 15.9 Å². The van der Waals surface area contributed by atoms with Gasteiger partial charge in [0.2, 0.25) is 0 Å². The van der Waals surface area contributed by atoms with Crippen LogP contribution in [0.25, 0.3) is 0 Å². The fourth-order valence-corrected chi connectivity index (χ4v) is 1.74. The van der Waals surface area contributed by atoms with Gasteiger partial charge in [0.05, 0.1) is 6.20 Å². The maximum Gasteiger partial charge on any atom is 0.145 e. The number of nitrogens with zero attached hydrogens (tertiary/aromatic N) is 1. The highest BCUT2D eigenvalue weighted by Crippen LogP contribution is 2.28. The summed E-state index contributed by atoms with van der Waals surface area (Å²) in [5.41, 5.74) is 2.26. The number of ether oxygens (including phenoxy) is 1. The Bertz CT molecular complexity index is 474. The second-order valence-electron chi connectivity index (χ2n) is 3.64. The van der Waals surface area contributed by atoms with Crippen LogP contribution in [0.15, 0.2) is 41.1 Å². The summed E-state index contributed by atoms with van der Waals surface area (Å²) in [6, 6.07) is 9.85. The Hall–Kier alpha value is -1.35. The number of halogens is 1. The van der Waals surface area contributed by atoms with E-state index in [-0.39, 0.29) is 0 Å². The van der Waals surface area contributed by atoms with E-state index in [2.05, 4.69) is 20.9 Å². The Morgan fingerprint density at radius 3 is 2.31 bits per heavy atom. The molecule has 82 valence electrons. The molecule has 0 unspecified atom stereocenters. The Morgan fingerprint density at radius 2 is 1.75 bits per heavy atom. The number of aryl methyl sites for hydroxylation is 2. The maximum absolute atomic E-state index is 5.81. The first-order valence-electron chi connectivity index (χ1n) is 5.02. The molecule has 0 fully saturated rings. The standard InChI is InChI=1S/C13H12BrNO/c1-9-4-3-5-10(2)13(9)16-11-6-7-12(14)15-8-11/h3-8H,1-2H3. The molecule has 0 saturated heterocycles. The van der Waals surface area contributed by atoms with Crippen molar-refractivity contribution < 1.29 is 4.74 Å². The highest BCUT2D eigenvalue weighted by atomic mass is 79.9. The Balaban J connectivity index is 2.30. The van der Waals surface area contributed by atoms with Gasteiger partial charge in [-0.2, -0.15) is 0 Å². The molecule has 16 heavy (non-hydrogen) atoms. The maximum atomic E-state index is 5.81. The molecular weight excluding hydrogens is 266 g/mol. The molecule has 0 bridgehead atoms. The van der Waals surface area contributed by atoms with Gasteiger partial charge >= 0.3 is 0 Å². The Morgan fingerprint density at radius 1 is 1.06 bits per heavy atom. The topological polar surface area (TPSA) is 22.1 Å². The quantitative estimate of drug-likeness (QED) is 0.766. The minimum Gasteiger partial charge on any atom is -0.455 e. The zero-order chi connectivity index (χ0) is 11.5. The van der Waals surface area contributed by atoms with Crippen LogP contribution in [0.4, 0.5) is 0 Å². The molecule has 2 rings (SSSR count). The number of aromatic nitrogens is 1. The van der Waals surface area contributed by atoms with E-state index >= 15 is 0 Å². The first-order chi connectivity index (χ1) is 7.66. The van der Waals surface area contributed by atoms with E-state index in [1.165, 1.54) is 0 Å². The number of rotatable bonds is 2. The van der Waals surface area contributed by atoms with Crippen LogP contribution in [0.1, 0.15) is 11.1 Å². The van der Waals surface area contributed by atoms with Crippen molar-refractivity contribution in [2.75, 3.05) is 0 Å². The second kappa shape index (κ2) is 4.66. The molecule has 0 saturated carbocycles. The molecule has 0 aliphatic carbocycles. The summed E-state index contributed by atoms with van der Waals surface area (Å²) in [5, 5.41) is 0. The van der Waals surface area contributed by atoms with Crippen LogP contribution in [0.5, 0.6) is 11.5 Å². The van der Waals surface area contributed by atoms with E-state index in [1.54, 1.807) is 6.20 Å². The van der Waals surface area contributed by atoms with Crippen LogP contribution in [-0.2, 0) is 0 Å². The number of hydrogen-bond donors (Lipinski definition) is 0. The molecule has 0 aliphatic heterocycles. The lowest BCUT2D eigenvalue weighted by Gasteiger charge is -2.10. The molecule has 0 spiro atoms. The summed E-state index contributed by atoms with van der Waals surface area (Å²) in [4.78, 5) is 4.13. The molecular formula is C13H12BrNO. The van der Waals surface area contributed by atoms with Crippen molar-refractivity contribution in [2.45, 2.75) is 13.8 Å². The molecule has 0 amide bonds. The summed E-state index contributed by atoms with van der Waals surface area (Å²) in [7, 11) is 0. The van der Waals surface area contributed by atoms with Gasteiger partial charge < -0.3 is 4.74 Å². The van der Waals surface area contributed by atoms with Gasteiger partial charge in [0.25, 0.3) is 0 Å². The van der Waals surface area contributed by atoms with Crippen molar-refractivity contribution in [3.05, 3.63) is 52.3 Å². The average molecular weight is 278 g/mol. The Labute approximate surface area is 103 Å². The molecule has 1 aromatic carbocycles. The van der Waals surface area contributed by atoms with Gasteiger partial charge in [0, 0.05) is 0 Å². The molecule has 3 heteroatoms. The summed E-state index contributed by atoms with van der Waals surface area (Å²) >= 11 is 3.29. The van der Waals surface area contributed by atoms with E-state index < -0.39 is 0 Å². The average Bonchev–Trinajstić information content (AvgIpc) is 2.26. The van der Waals surface area contributed by atoms with Gasteiger partial charge in [-0.3, -0.25) is 0 Å². The van der Waals surface area contributed by atoms with Crippen LogP contribution < -0.4 is 4.74 Å². The second-order valence-corrected chi connectivity index (χ2v) is 4.45. The summed E-state index contributed by atoms with van der Waals surface area (Å²) < 4.78 is 6.62. The monoisotopic (exact) mass is 277 g/mol. The van der Waals surface area contributed by atoms with Crippen molar-refractivity contribution in [3.63, 3.8) is 0 Å². The predicted molar refractivity (Wildman–Crippen MR) is 67.9 cm³/mol. The highest BCUT2D eigenvalue weighted by molar-refractivity contribution is 9.10. The lowest BCUT2D eigenvalue weighted by molar-refractivity contribution is 0.472. The van der Waals surface area contributed by atoms with Gasteiger partial charge in [0.15, 0.2) is 0 Å². The number of pyridine rings is 1. The lowest BCUT2D eigenvalue weighted by Crippen LogP contribution is -1.91. The fraction of sp³-hybridized carbons (Fsp3) is 0.154. The third kappa shape index (κ3) is 2.42. The number of benzene rings is 1. The molecule has 0 radical (unpaired) electrons. The van der Waals surface area contributed by atoms with Gasteiger partial charge in [0.1, 0.15) is 16.1 Å². The van der Waals surface area contributed by atoms with Crippen molar-refractivity contribution >= 4 is 15.9 Å². The minimum atomic E-state index is 0.751. The molecule has 0 aliphatic rings. The molecule has 1 aromatic heterocycles. The van der Waals surface area contributed by atoms with Gasteiger partial charge in [-0.1, -0.05) is 18.2 Å². The first kappa shape index (κ1) is 11.1. The van der Waals surface area contributed by atoms with E-state index in [0.29, 0.717) is 0 Å². The molecule has 1 heterocycles. The minimum absolute atomic E-state index is 0.751. The van der Waals surface area contributed by atoms with Crippen molar-refractivity contribution in [2.24, 2.45) is 0 Å². The van der Waals surface area contributed by atoms with Crippen LogP contribution in [0.2, 0.25) is 0 Å². The summed E-state index contributed by atoms with van der Waals surface area (Å²) in [6.45, 7) is 4.07. The van der Waals surface area contributed by atoms with Crippen LogP contribution in [-0.4, -0.2) is 4.98 Å². The van der Waals surface area contributed by atoms with Crippen molar-refractivity contribution in [1.82, 2.24) is 4.98 Å². The number of hydrogen-bond acceptors (Lipinski definition) is 2. The lowest BCUT2D eigenvalue weighted by atomic mass is 10.1. The van der Waals surface area contributed by atoms with Crippen molar-refractivity contribution in [3.8, 4) is 11.5 Å². The van der Waals surface area contributed by atoms with Gasteiger partial charge in [-0.15, -0.1) is 0 Å². The SMILES string of the molecule is Cc1cccc(C)c1Oc1ccc(Br)nc1. The summed E-state index contributed by atoms with van der Waals surface area (Å²) in [5.74, 6) is 1.66. The zero-order valence-electron chi connectivity index (χ0n) is 9.20. The largest absolute Gasteiger partial charge is 0.455 e.